The van der Waals surface area contributed by atoms with Crippen molar-refractivity contribution in [3.05, 3.63) is 32.4 Å². The van der Waals surface area contributed by atoms with Crippen molar-refractivity contribution in [2.24, 2.45) is 5.92 Å². The molecule has 1 unspecified atom stereocenters. The van der Waals surface area contributed by atoms with E-state index in [9.17, 15) is 4.79 Å². The first-order chi connectivity index (χ1) is 10.5. The minimum atomic E-state index is -0.100. The molecule has 1 aliphatic rings. The molecule has 0 saturated carbocycles. The van der Waals surface area contributed by atoms with Crippen molar-refractivity contribution in [3.63, 3.8) is 0 Å². The van der Waals surface area contributed by atoms with Crippen molar-refractivity contribution in [2.75, 3.05) is 32.8 Å². The highest BCUT2D eigenvalue weighted by molar-refractivity contribution is 14.1. The van der Waals surface area contributed by atoms with E-state index in [0.717, 1.165) is 29.8 Å². The van der Waals surface area contributed by atoms with Crippen LogP contribution in [0.1, 0.15) is 24.2 Å². The van der Waals surface area contributed by atoms with Crippen LogP contribution in [0.2, 0.25) is 5.02 Å². The number of nitrogens with one attached hydrogen (secondary N) is 1. The Kier molecular flexibility index (Phi) is 6.92. The number of carbonyl (C=O) groups is 1. The predicted molar refractivity (Wildman–Crippen MR) is 97.5 cm³/mol. The summed E-state index contributed by atoms with van der Waals surface area (Å²) in [5.41, 5.74) is 0.614. The average Bonchev–Trinajstić information content (AvgIpc) is 2.47. The van der Waals surface area contributed by atoms with Gasteiger partial charge in [0.1, 0.15) is 0 Å². The molecule has 1 aromatic carbocycles. The van der Waals surface area contributed by atoms with Crippen LogP contribution in [0, 0.1) is 9.49 Å². The van der Waals surface area contributed by atoms with Crippen molar-refractivity contribution >= 4 is 40.1 Å². The molecule has 22 heavy (non-hydrogen) atoms. The van der Waals surface area contributed by atoms with E-state index >= 15 is 0 Å². The lowest BCUT2D eigenvalue weighted by Gasteiger charge is -2.34. The summed E-state index contributed by atoms with van der Waals surface area (Å²) >= 11 is 8.11. The molecule has 4 nitrogen and oxygen atoms in total. The Labute approximate surface area is 150 Å². The normalized spacial score (nSPS) is 19.4. The van der Waals surface area contributed by atoms with Gasteiger partial charge in [0.2, 0.25) is 0 Å². The van der Waals surface area contributed by atoms with Crippen molar-refractivity contribution in [1.82, 2.24) is 10.2 Å². The van der Waals surface area contributed by atoms with Crippen LogP contribution in [0.5, 0.6) is 0 Å². The van der Waals surface area contributed by atoms with Crippen LogP contribution in [-0.2, 0) is 4.74 Å². The Morgan fingerprint density at radius 2 is 2.32 bits per heavy atom. The molecule has 1 aliphatic heterocycles. The lowest BCUT2D eigenvalue weighted by atomic mass is 10.1. The number of amides is 1. The van der Waals surface area contributed by atoms with Crippen molar-refractivity contribution < 1.29 is 9.53 Å². The molecule has 6 heteroatoms. The fraction of sp³-hybridized carbons (Fsp3) is 0.562. The van der Waals surface area contributed by atoms with Gasteiger partial charge in [-0.25, -0.2) is 0 Å². The van der Waals surface area contributed by atoms with Gasteiger partial charge in [-0.3, -0.25) is 9.69 Å². The SMILES string of the molecule is CC(C)CN1CCOC(CNC(=O)c2cc(Cl)ccc2I)C1. The molecular weight excluding hydrogens is 415 g/mol. The Hall–Kier alpha value is -0.370. The number of carbonyl (C=O) groups excluding carboxylic acids is 1. The van der Waals surface area contributed by atoms with Crippen LogP contribution >= 0.6 is 34.2 Å². The Balaban J connectivity index is 1.86. The van der Waals surface area contributed by atoms with Gasteiger partial charge in [0.25, 0.3) is 5.91 Å². The number of halogens is 2. The molecule has 0 spiro atoms. The zero-order valence-corrected chi connectivity index (χ0v) is 15.9. The summed E-state index contributed by atoms with van der Waals surface area (Å²) in [6.45, 7) is 8.58. The fourth-order valence-electron chi connectivity index (χ4n) is 2.56. The standard InChI is InChI=1S/C16H22ClIN2O2/c1-11(2)9-20-5-6-22-13(10-20)8-19-16(21)14-7-12(17)3-4-15(14)18/h3-4,7,11,13H,5-6,8-10H2,1-2H3,(H,19,21). The van der Waals surface area contributed by atoms with Gasteiger partial charge >= 0.3 is 0 Å². The Bertz CT molecular complexity index is 525. The lowest BCUT2D eigenvalue weighted by Crippen LogP contribution is -2.48. The van der Waals surface area contributed by atoms with Crippen LogP contribution in [0.3, 0.4) is 0 Å². The molecule has 0 aliphatic carbocycles. The number of nitrogens with zero attached hydrogens (tertiary/aromatic N) is 1. The molecule has 2 rings (SSSR count). The maximum Gasteiger partial charge on any atom is 0.252 e. The molecular formula is C16H22ClIN2O2. The van der Waals surface area contributed by atoms with Gasteiger partial charge in [-0.2, -0.15) is 0 Å². The topological polar surface area (TPSA) is 41.6 Å². The smallest absolute Gasteiger partial charge is 0.252 e. The molecule has 1 fully saturated rings. The van der Waals surface area contributed by atoms with E-state index in [2.05, 4.69) is 46.7 Å². The largest absolute Gasteiger partial charge is 0.374 e. The monoisotopic (exact) mass is 436 g/mol. The van der Waals surface area contributed by atoms with E-state index in [4.69, 9.17) is 16.3 Å². The second-order valence-corrected chi connectivity index (χ2v) is 7.58. The molecule has 0 bridgehead atoms. The van der Waals surface area contributed by atoms with Crippen LogP contribution in [0.4, 0.5) is 0 Å². The fourth-order valence-corrected chi connectivity index (χ4v) is 3.31. The molecule has 1 saturated heterocycles. The van der Waals surface area contributed by atoms with E-state index in [0.29, 0.717) is 23.0 Å². The highest BCUT2D eigenvalue weighted by Gasteiger charge is 2.22. The summed E-state index contributed by atoms with van der Waals surface area (Å²) in [6, 6.07) is 5.33. The first kappa shape index (κ1) is 18.0. The second kappa shape index (κ2) is 8.47. The number of hydrogen-bond acceptors (Lipinski definition) is 3. The molecule has 1 N–H and O–H groups in total. The van der Waals surface area contributed by atoms with Crippen molar-refractivity contribution in [2.45, 2.75) is 20.0 Å². The van der Waals surface area contributed by atoms with Gasteiger partial charge in [-0.15, -0.1) is 0 Å². The van der Waals surface area contributed by atoms with E-state index in [1.807, 2.05) is 6.07 Å². The number of benzene rings is 1. The summed E-state index contributed by atoms with van der Waals surface area (Å²) in [4.78, 5) is 14.7. The van der Waals surface area contributed by atoms with E-state index < -0.39 is 0 Å². The quantitative estimate of drug-likeness (QED) is 0.722. The van der Waals surface area contributed by atoms with Crippen LogP contribution in [0.15, 0.2) is 18.2 Å². The first-order valence-electron chi connectivity index (χ1n) is 7.53. The molecule has 1 atom stereocenters. The van der Waals surface area contributed by atoms with E-state index in [1.54, 1.807) is 12.1 Å². The number of rotatable bonds is 5. The van der Waals surface area contributed by atoms with E-state index in [-0.39, 0.29) is 12.0 Å². The Morgan fingerprint density at radius 1 is 1.55 bits per heavy atom. The Morgan fingerprint density at radius 3 is 3.05 bits per heavy atom. The molecule has 1 amide bonds. The predicted octanol–water partition coefficient (Wildman–Crippen LogP) is 3.03. The minimum Gasteiger partial charge on any atom is -0.374 e. The van der Waals surface area contributed by atoms with E-state index in [1.165, 1.54) is 0 Å². The summed E-state index contributed by atoms with van der Waals surface area (Å²) in [7, 11) is 0. The van der Waals surface area contributed by atoms with Gasteiger partial charge in [-0.05, 0) is 46.7 Å². The highest BCUT2D eigenvalue weighted by Crippen LogP contribution is 2.18. The van der Waals surface area contributed by atoms with Gasteiger partial charge in [-0.1, -0.05) is 25.4 Å². The number of ether oxygens (including phenoxy) is 1. The highest BCUT2D eigenvalue weighted by atomic mass is 127. The van der Waals surface area contributed by atoms with Crippen molar-refractivity contribution in [1.29, 1.82) is 0 Å². The van der Waals surface area contributed by atoms with Crippen LogP contribution in [0.25, 0.3) is 0 Å². The molecule has 0 radical (unpaired) electrons. The molecule has 0 aromatic heterocycles. The summed E-state index contributed by atoms with van der Waals surface area (Å²) < 4.78 is 6.64. The van der Waals surface area contributed by atoms with Crippen LogP contribution < -0.4 is 5.32 Å². The zero-order valence-electron chi connectivity index (χ0n) is 12.9. The second-order valence-electron chi connectivity index (χ2n) is 5.98. The third-order valence-electron chi connectivity index (χ3n) is 3.51. The van der Waals surface area contributed by atoms with Gasteiger partial charge in [0, 0.05) is 34.8 Å². The average molecular weight is 437 g/mol. The van der Waals surface area contributed by atoms with Gasteiger partial charge in [0.15, 0.2) is 0 Å². The molecule has 1 aromatic rings. The summed E-state index contributed by atoms with van der Waals surface area (Å²) in [5.74, 6) is 0.540. The number of morpholine rings is 1. The third kappa shape index (κ3) is 5.37. The van der Waals surface area contributed by atoms with Crippen molar-refractivity contribution in [3.8, 4) is 0 Å². The maximum absolute atomic E-state index is 12.3. The first-order valence-corrected chi connectivity index (χ1v) is 8.98. The van der Waals surface area contributed by atoms with Crippen LogP contribution in [-0.4, -0.2) is 49.7 Å². The van der Waals surface area contributed by atoms with Gasteiger partial charge < -0.3 is 10.1 Å². The number of hydrogen-bond donors (Lipinski definition) is 1. The van der Waals surface area contributed by atoms with Gasteiger partial charge in [0.05, 0.1) is 18.3 Å². The maximum atomic E-state index is 12.3. The minimum absolute atomic E-state index is 0.0493. The lowest BCUT2D eigenvalue weighted by molar-refractivity contribution is -0.0295. The summed E-state index contributed by atoms with van der Waals surface area (Å²) in [5, 5.41) is 3.53. The summed E-state index contributed by atoms with van der Waals surface area (Å²) in [6.07, 6.45) is 0.0493. The third-order valence-corrected chi connectivity index (χ3v) is 4.69. The molecule has 1 heterocycles. The molecule has 122 valence electrons. The zero-order chi connectivity index (χ0) is 16.1.